The van der Waals surface area contributed by atoms with Gasteiger partial charge in [-0.2, -0.15) is 0 Å². The predicted octanol–water partition coefficient (Wildman–Crippen LogP) is 3.55. The van der Waals surface area contributed by atoms with Crippen molar-refractivity contribution in [1.82, 2.24) is 15.5 Å². The van der Waals surface area contributed by atoms with E-state index in [4.69, 9.17) is 9.73 Å². The summed E-state index contributed by atoms with van der Waals surface area (Å²) in [5.41, 5.74) is 2.53. The number of carbonyl (C=O) groups is 1. The lowest BCUT2D eigenvalue weighted by Crippen LogP contribution is -2.47. The van der Waals surface area contributed by atoms with Crippen LogP contribution in [0.1, 0.15) is 42.7 Å². The van der Waals surface area contributed by atoms with Crippen LogP contribution in [0.5, 0.6) is 5.75 Å². The van der Waals surface area contributed by atoms with Crippen molar-refractivity contribution in [3.63, 3.8) is 0 Å². The average molecular weight is 423 g/mol. The van der Waals surface area contributed by atoms with Gasteiger partial charge in [0.25, 0.3) is 0 Å². The molecule has 0 atom stereocenters. The molecule has 6 nitrogen and oxygen atoms in total. The standard InChI is InChI=1S/C25H34N4O2/c1-29(2)24(30)18-27-25(26-17-19-9-15-23(31-3)16-10-19)28-22-13-11-21(12-14-22)20-7-5-4-6-8-20/h4-10,15-16,21-22H,11-14,17-18H2,1-3H3,(H2,26,27,28). The van der Waals surface area contributed by atoms with E-state index in [2.05, 4.69) is 41.0 Å². The van der Waals surface area contributed by atoms with Crippen LogP contribution in [0.3, 0.4) is 0 Å². The number of benzene rings is 2. The van der Waals surface area contributed by atoms with Crippen molar-refractivity contribution in [3.8, 4) is 5.75 Å². The molecule has 2 aromatic rings. The first-order valence-corrected chi connectivity index (χ1v) is 11.0. The molecular formula is C25H34N4O2. The Labute approximate surface area is 185 Å². The molecule has 0 radical (unpaired) electrons. The van der Waals surface area contributed by atoms with Gasteiger partial charge in [-0.1, -0.05) is 42.5 Å². The molecule has 0 aromatic heterocycles. The van der Waals surface area contributed by atoms with Crippen LogP contribution < -0.4 is 15.4 Å². The number of hydrogen-bond donors (Lipinski definition) is 2. The summed E-state index contributed by atoms with van der Waals surface area (Å²) in [6.45, 7) is 0.760. The molecule has 1 amide bonds. The van der Waals surface area contributed by atoms with Gasteiger partial charge in [-0.25, -0.2) is 4.99 Å². The van der Waals surface area contributed by atoms with Crippen LogP contribution in [0.25, 0.3) is 0 Å². The lowest BCUT2D eigenvalue weighted by molar-refractivity contribution is -0.127. The van der Waals surface area contributed by atoms with E-state index in [0.29, 0.717) is 24.5 Å². The minimum Gasteiger partial charge on any atom is -0.497 e. The monoisotopic (exact) mass is 422 g/mol. The van der Waals surface area contributed by atoms with E-state index in [0.717, 1.165) is 37.0 Å². The Morgan fingerprint density at radius 1 is 1.03 bits per heavy atom. The van der Waals surface area contributed by atoms with Gasteiger partial charge in [0.1, 0.15) is 5.75 Å². The zero-order valence-electron chi connectivity index (χ0n) is 18.8. The lowest BCUT2D eigenvalue weighted by Gasteiger charge is -2.30. The third kappa shape index (κ3) is 7.02. The van der Waals surface area contributed by atoms with Crippen molar-refractivity contribution in [1.29, 1.82) is 0 Å². The number of nitrogens with zero attached hydrogens (tertiary/aromatic N) is 2. The summed E-state index contributed by atoms with van der Waals surface area (Å²) < 4.78 is 5.22. The molecule has 1 aliphatic carbocycles. The van der Waals surface area contributed by atoms with Gasteiger partial charge in [-0.3, -0.25) is 4.79 Å². The number of aliphatic imine (C=N–C) groups is 1. The highest BCUT2D eigenvalue weighted by Crippen LogP contribution is 2.32. The average Bonchev–Trinajstić information content (AvgIpc) is 2.81. The molecule has 0 aliphatic heterocycles. The molecular weight excluding hydrogens is 388 g/mol. The maximum absolute atomic E-state index is 12.1. The Bertz CT molecular complexity index is 842. The van der Waals surface area contributed by atoms with Crippen LogP contribution in [-0.4, -0.2) is 50.6 Å². The number of likely N-dealkylation sites (N-methyl/N-ethyl adjacent to an activating group) is 1. The van der Waals surface area contributed by atoms with E-state index in [1.807, 2.05) is 24.3 Å². The van der Waals surface area contributed by atoms with Crippen LogP contribution in [0.2, 0.25) is 0 Å². The Balaban J connectivity index is 1.59. The molecule has 0 spiro atoms. The molecule has 6 heteroatoms. The summed E-state index contributed by atoms with van der Waals surface area (Å²) in [5, 5.41) is 6.77. The van der Waals surface area contributed by atoms with Crippen LogP contribution in [0.4, 0.5) is 0 Å². The van der Waals surface area contributed by atoms with Crippen molar-refractivity contribution < 1.29 is 9.53 Å². The Hall–Kier alpha value is -3.02. The molecule has 1 saturated carbocycles. The Morgan fingerprint density at radius 2 is 1.71 bits per heavy atom. The SMILES string of the molecule is COc1ccc(CN=C(NCC(=O)N(C)C)NC2CCC(c3ccccc3)CC2)cc1. The van der Waals surface area contributed by atoms with E-state index in [1.165, 1.54) is 5.56 Å². The maximum atomic E-state index is 12.1. The molecule has 0 heterocycles. The van der Waals surface area contributed by atoms with E-state index >= 15 is 0 Å². The van der Waals surface area contributed by atoms with E-state index in [1.54, 1.807) is 26.1 Å². The quantitative estimate of drug-likeness (QED) is 0.529. The second kappa shape index (κ2) is 11.4. The number of hydrogen-bond acceptors (Lipinski definition) is 3. The first-order chi connectivity index (χ1) is 15.0. The fraction of sp³-hybridized carbons (Fsp3) is 0.440. The minimum atomic E-state index is 0.0201. The second-order valence-corrected chi connectivity index (χ2v) is 8.26. The zero-order valence-corrected chi connectivity index (χ0v) is 18.8. The molecule has 31 heavy (non-hydrogen) atoms. The van der Waals surface area contributed by atoms with Crippen LogP contribution in [0, 0.1) is 0 Å². The molecule has 1 aliphatic rings. The molecule has 0 bridgehead atoms. The number of ether oxygens (including phenoxy) is 1. The van der Waals surface area contributed by atoms with Gasteiger partial charge in [0.15, 0.2) is 5.96 Å². The first kappa shape index (κ1) is 22.7. The summed E-state index contributed by atoms with van der Waals surface area (Å²) in [4.78, 5) is 18.4. The van der Waals surface area contributed by atoms with E-state index in [-0.39, 0.29) is 12.5 Å². The molecule has 0 unspecified atom stereocenters. The number of guanidine groups is 1. The third-order valence-electron chi connectivity index (χ3n) is 5.82. The van der Waals surface area contributed by atoms with E-state index in [9.17, 15) is 4.79 Å². The number of carbonyl (C=O) groups excluding carboxylic acids is 1. The van der Waals surface area contributed by atoms with Crippen molar-refractivity contribution in [3.05, 3.63) is 65.7 Å². The van der Waals surface area contributed by atoms with Gasteiger partial charge in [0.05, 0.1) is 20.2 Å². The maximum Gasteiger partial charge on any atom is 0.241 e. The largest absolute Gasteiger partial charge is 0.497 e. The predicted molar refractivity (Wildman–Crippen MR) is 125 cm³/mol. The van der Waals surface area contributed by atoms with Gasteiger partial charge in [-0.05, 0) is 54.9 Å². The Kier molecular flexibility index (Phi) is 8.33. The summed E-state index contributed by atoms with van der Waals surface area (Å²) >= 11 is 0. The summed E-state index contributed by atoms with van der Waals surface area (Å²) in [6, 6.07) is 19.0. The number of nitrogens with one attached hydrogen (secondary N) is 2. The lowest BCUT2D eigenvalue weighted by atomic mass is 9.82. The number of rotatable bonds is 7. The van der Waals surface area contributed by atoms with Crippen molar-refractivity contribution in [2.75, 3.05) is 27.7 Å². The van der Waals surface area contributed by atoms with Gasteiger partial charge in [-0.15, -0.1) is 0 Å². The summed E-state index contributed by atoms with van der Waals surface area (Å²) in [6.07, 6.45) is 4.49. The zero-order chi connectivity index (χ0) is 22.1. The normalized spacial score (nSPS) is 18.9. The summed E-state index contributed by atoms with van der Waals surface area (Å²) in [5.74, 6) is 2.17. The highest BCUT2D eigenvalue weighted by molar-refractivity contribution is 5.86. The fourth-order valence-corrected chi connectivity index (χ4v) is 3.86. The molecule has 2 aromatic carbocycles. The van der Waals surface area contributed by atoms with Crippen LogP contribution in [0.15, 0.2) is 59.6 Å². The highest BCUT2D eigenvalue weighted by Gasteiger charge is 2.23. The smallest absolute Gasteiger partial charge is 0.241 e. The third-order valence-corrected chi connectivity index (χ3v) is 5.82. The number of amides is 1. The molecule has 3 rings (SSSR count). The topological polar surface area (TPSA) is 66.0 Å². The van der Waals surface area contributed by atoms with Crippen LogP contribution in [-0.2, 0) is 11.3 Å². The van der Waals surface area contributed by atoms with Crippen LogP contribution >= 0.6 is 0 Å². The first-order valence-electron chi connectivity index (χ1n) is 11.0. The molecule has 1 fully saturated rings. The van der Waals surface area contributed by atoms with E-state index < -0.39 is 0 Å². The minimum absolute atomic E-state index is 0.0201. The van der Waals surface area contributed by atoms with Crippen molar-refractivity contribution in [2.24, 2.45) is 4.99 Å². The van der Waals surface area contributed by atoms with Crippen molar-refractivity contribution in [2.45, 2.75) is 44.2 Å². The fourth-order valence-electron chi connectivity index (χ4n) is 3.86. The number of methoxy groups -OCH3 is 1. The van der Waals surface area contributed by atoms with Gasteiger partial charge in [0, 0.05) is 20.1 Å². The highest BCUT2D eigenvalue weighted by atomic mass is 16.5. The van der Waals surface area contributed by atoms with Gasteiger partial charge in [0.2, 0.25) is 5.91 Å². The molecule has 2 N–H and O–H groups in total. The molecule has 0 saturated heterocycles. The second-order valence-electron chi connectivity index (χ2n) is 8.26. The van der Waals surface area contributed by atoms with Gasteiger partial charge >= 0.3 is 0 Å². The Morgan fingerprint density at radius 3 is 2.32 bits per heavy atom. The summed E-state index contributed by atoms with van der Waals surface area (Å²) in [7, 11) is 5.18. The molecule has 166 valence electrons. The van der Waals surface area contributed by atoms with Gasteiger partial charge < -0.3 is 20.3 Å². The van der Waals surface area contributed by atoms with Crippen molar-refractivity contribution >= 4 is 11.9 Å².